The molecule has 0 aliphatic carbocycles. The quantitative estimate of drug-likeness (QED) is 0.171. The molecule has 0 aliphatic rings. The van der Waals surface area contributed by atoms with Crippen molar-refractivity contribution < 1.29 is 19.5 Å². The van der Waals surface area contributed by atoms with Crippen LogP contribution in [0.2, 0.25) is 0 Å². The SMILES string of the molecule is [2H]c1c([2H])c(N(c2ccc(-c3ccccc3)cc2)c2cccc3c4cc5ccccc5cc4n(-c4ccccc4)c23)c([2H])c([2H])c1-c1c([2H])c([2H])c([2H])c2oc3c([2H])c([2H])c([2H])c([2H])c3c12. The first-order valence-electron chi connectivity index (χ1n) is 23.4. The standard InChI is InChI=1S/C52H34N2O/c1-3-13-35(14-4-1)36-25-29-41(30-26-36)53(42-31-27-37(28-32-42)43-20-12-24-50-51(43)45-19-9-10-23-49(45)55-50)47-22-11-21-44-46-33-38-15-7-8-16-39(38)34-48(46)54(52(44)47)40-17-5-2-6-18-40/h1-34H/i9D,10D,12D,19D,20D,23D,24D,27D,28D,31D,32D. The first-order valence-corrected chi connectivity index (χ1v) is 17.9. The van der Waals surface area contributed by atoms with Gasteiger partial charge >= 0.3 is 0 Å². The summed E-state index contributed by atoms with van der Waals surface area (Å²) in [4.78, 5) is 1.73. The molecule has 0 fully saturated rings. The van der Waals surface area contributed by atoms with Gasteiger partial charge in [0.25, 0.3) is 0 Å². The molecule has 0 atom stereocenters. The lowest BCUT2D eigenvalue weighted by atomic mass is 9.99. The van der Waals surface area contributed by atoms with Crippen LogP contribution in [-0.4, -0.2) is 4.57 Å². The minimum absolute atomic E-state index is 0.103. The first kappa shape index (κ1) is 22.0. The van der Waals surface area contributed by atoms with Gasteiger partial charge in [-0.2, -0.15) is 0 Å². The normalized spacial score (nSPS) is 14.4. The van der Waals surface area contributed by atoms with E-state index in [1.165, 1.54) is 0 Å². The lowest BCUT2D eigenvalue weighted by molar-refractivity contribution is 0.669. The molecule has 0 aliphatic heterocycles. The molecule has 0 saturated carbocycles. The van der Waals surface area contributed by atoms with Gasteiger partial charge in [0.05, 0.1) is 31.8 Å². The van der Waals surface area contributed by atoms with Gasteiger partial charge in [0.1, 0.15) is 11.2 Å². The Morgan fingerprint density at radius 2 is 1.16 bits per heavy atom. The molecule has 11 aromatic rings. The summed E-state index contributed by atoms with van der Waals surface area (Å²) in [5.41, 5.74) is 4.03. The van der Waals surface area contributed by atoms with Crippen LogP contribution in [0.15, 0.2) is 210 Å². The van der Waals surface area contributed by atoms with E-state index in [0.717, 1.165) is 49.4 Å². The predicted molar refractivity (Wildman–Crippen MR) is 231 cm³/mol. The number of para-hydroxylation sites is 3. The number of anilines is 3. The molecule has 55 heavy (non-hydrogen) atoms. The molecule has 0 bridgehead atoms. The van der Waals surface area contributed by atoms with Gasteiger partial charge in [-0.3, -0.25) is 0 Å². The summed E-state index contributed by atoms with van der Waals surface area (Å²) in [6.07, 6.45) is 0. The minimum atomic E-state index is -0.638. The van der Waals surface area contributed by atoms with Gasteiger partial charge in [0.15, 0.2) is 0 Å². The van der Waals surface area contributed by atoms with Crippen molar-refractivity contribution in [2.75, 3.05) is 4.90 Å². The fourth-order valence-corrected chi connectivity index (χ4v) is 7.67. The van der Waals surface area contributed by atoms with Crippen molar-refractivity contribution in [3.05, 3.63) is 206 Å². The first-order chi connectivity index (χ1) is 31.9. The maximum Gasteiger partial charge on any atom is 0.136 e. The number of rotatable bonds is 6. The van der Waals surface area contributed by atoms with Gasteiger partial charge in [-0.25, -0.2) is 0 Å². The topological polar surface area (TPSA) is 21.3 Å². The Hall–Kier alpha value is -7.36. The van der Waals surface area contributed by atoms with Crippen LogP contribution in [0.1, 0.15) is 15.1 Å². The summed E-state index contributed by atoms with van der Waals surface area (Å²) in [5, 5.41) is 3.56. The van der Waals surface area contributed by atoms with Gasteiger partial charge in [-0.15, -0.1) is 0 Å². The number of hydrogen-bond acceptors (Lipinski definition) is 2. The molecule has 0 unspecified atom stereocenters. The molecule has 2 aromatic heterocycles. The molecule has 0 saturated heterocycles. The zero-order chi connectivity index (χ0) is 45.9. The van der Waals surface area contributed by atoms with Crippen molar-refractivity contribution in [1.29, 1.82) is 0 Å². The van der Waals surface area contributed by atoms with E-state index < -0.39 is 66.5 Å². The molecular weight excluding hydrogens is 669 g/mol. The van der Waals surface area contributed by atoms with E-state index in [4.69, 9.17) is 12.6 Å². The smallest absolute Gasteiger partial charge is 0.136 e. The number of nitrogens with zero attached hydrogens (tertiary/aromatic N) is 2. The van der Waals surface area contributed by atoms with E-state index in [9.17, 15) is 6.85 Å². The molecule has 2 heterocycles. The number of furan rings is 1. The fourth-order valence-electron chi connectivity index (χ4n) is 7.67. The third kappa shape index (κ3) is 5.13. The molecular formula is C52H34N2O. The lowest BCUT2D eigenvalue weighted by Crippen LogP contribution is -2.11. The number of hydrogen-bond donors (Lipinski definition) is 0. The van der Waals surface area contributed by atoms with Crippen LogP contribution < -0.4 is 4.90 Å². The summed E-state index contributed by atoms with van der Waals surface area (Å²) in [5.74, 6) is 0. The van der Waals surface area contributed by atoms with E-state index in [0.29, 0.717) is 11.4 Å². The fraction of sp³-hybridized carbons (Fsp3) is 0. The second-order valence-electron chi connectivity index (χ2n) is 13.3. The van der Waals surface area contributed by atoms with Crippen LogP contribution in [0.5, 0.6) is 0 Å². The third-order valence-electron chi connectivity index (χ3n) is 10.2. The number of fused-ring (bicyclic) bond motifs is 7. The largest absolute Gasteiger partial charge is 0.456 e. The second-order valence-corrected chi connectivity index (χ2v) is 13.3. The Balaban J connectivity index is 1.25. The van der Waals surface area contributed by atoms with Crippen LogP contribution >= 0.6 is 0 Å². The Morgan fingerprint density at radius 1 is 0.473 bits per heavy atom. The summed E-state index contributed by atoms with van der Waals surface area (Å²) < 4.78 is 108. The van der Waals surface area contributed by atoms with Crippen LogP contribution in [0, 0.1) is 0 Å². The van der Waals surface area contributed by atoms with Gasteiger partial charge < -0.3 is 13.9 Å². The molecule has 3 nitrogen and oxygen atoms in total. The van der Waals surface area contributed by atoms with Crippen molar-refractivity contribution in [3.63, 3.8) is 0 Å². The van der Waals surface area contributed by atoms with Crippen molar-refractivity contribution in [2.45, 2.75) is 0 Å². The van der Waals surface area contributed by atoms with Crippen LogP contribution in [0.25, 0.3) is 82.5 Å². The average Bonchev–Trinajstić information content (AvgIpc) is 3.90. The molecule has 258 valence electrons. The van der Waals surface area contributed by atoms with Crippen LogP contribution in [-0.2, 0) is 0 Å². The Bertz CT molecular complexity index is 3800. The Labute approximate surface area is 334 Å². The molecule has 3 heteroatoms. The van der Waals surface area contributed by atoms with Gasteiger partial charge in [0.2, 0.25) is 0 Å². The van der Waals surface area contributed by atoms with Crippen LogP contribution in [0.3, 0.4) is 0 Å². The van der Waals surface area contributed by atoms with Crippen LogP contribution in [0.4, 0.5) is 17.1 Å². The number of aromatic nitrogens is 1. The van der Waals surface area contributed by atoms with Gasteiger partial charge in [-0.1, -0.05) is 139 Å². The van der Waals surface area contributed by atoms with E-state index in [1.807, 2.05) is 115 Å². The predicted octanol–water partition coefficient (Wildman–Crippen LogP) is 14.6. The summed E-state index contributed by atoms with van der Waals surface area (Å²) >= 11 is 0. The number of benzene rings is 9. The Kier molecular flexibility index (Phi) is 5.06. The van der Waals surface area contributed by atoms with E-state index in [1.54, 1.807) is 4.90 Å². The Morgan fingerprint density at radius 3 is 1.96 bits per heavy atom. The van der Waals surface area contributed by atoms with Gasteiger partial charge in [-0.05, 0) is 99.7 Å². The highest BCUT2D eigenvalue weighted by molar-refractivity contribution is 6.17. The second kappa shape index (κ2) is 12.6. The van der Waals surface area contributed by atoms with E-state index >= 15 is 0 Å². The van der Waals surface area contributed by atoms with E-state index in [-0.39, 0.29) is 38.8 Å². The summed E-state index contributed by atoms with van der Waals surface area (Å²) in [6.45, 7) is 0. The summed E-state index contributed by atoms with van der Waals surface area (Å²) in [6, 6.07) is 39.4. The zero-order valence-electron chi connectivity index (χ0n) is 40.1. The zero-order valence-corrected chi connectivity index (χ0v) is 29.1. The molecule has 11 rings (SSSR count). The average molecular weight is 714 g/mol. The van der Waals surface area contributed by atoms with Crippen molar-refractivity contribution in [3.8, 4) is 27.9 Å². The highest BCUT2D eigenvalue weighted by Gasteiger charge is 2.22. The summed E-state index contributed by atoms with van der Waals surface area (Å²) in [7, 11) is 0. The molecule has 0 amide bonds. The molecule has 0 N–H and O–H groups in total. The van der Waals surface area contributed by atoms with E-state index in [2.05, 4.69) is 28.8 Å². The highest BCUT2D eigenvalue weighted by atomic mass is 16.3. The van der Waals surface area contributed by atoms with Crippen molar-refractivity contribution in [1.82, 2.24) is 4.57 Å². The van der Waals surface area contributed by atoms with Crippen molar-refractivity contribution >= 4 is 71.6 Å². The molecule has 0 radical (unpaired) electrons. The lowest BCUT2D eigenvalue weighted by Gasteiger charge is -2.27. The molecule has 0 spiro atoms. The van der Waals surface area contributed by atoms with Gasteiger partial charge in [0, 0.05) is 38.6 Å². The molecule has 9 aromatic carbocycles. The monoisotopic (exact) mass is 713 g/mol. The third-order valence-corrected chi connectivity index (χ3v) is 10.2. The van der Waals surface area contributed by atoms with Crippen molar-refractivity contribution in [2.24, 2.45) is 0 Å². The minimum Gasteiger partial charge on any atom is -0.456 e. The maximum absolute atomic E-state index is 9.87. The highest BCUT2D eigenvalue weighted by Crippen LogP contribution is 2.45. The maximum atomic E-state index is 9.87.